The summed E-state index contributed by atoms with van der Waals surface area (Å²) in [5, 5.41) is 5.64. The lowest BCUT2D eigenvalue weighted by atomic mass is 10.3. The Morgan fingerprint density at radius 1 is 1.29 bits per heavy atom. The maximum absolute atomic E-state index is 11.9. The molecule has 1 heterocycles. The molecule has 2 N–H and O–H groups in total. The second kappa shape index (κ2) is 9.41. The SMILES string of the molecule is CCOCCOc1cccc(NC(=S)NC(=O)c2ccc(Br)o2)c1. The Balaban J connectivity index is 1.86. The van der Waals surface area contributed by atoms with Crippen molar-refractivity contribution in [2.75, 3.05) is 25.1 Å². The van der Waals surface area contributed by atoms with Crippen LogP contribution in [0, 0.1) is 0 Å². The summed E-state index contributed by atoms with van der Waals surface area (Å²) in [7, 11) is 0. The zero-order chi connectivity index (χ0) is 17.4. The van der Waals surface area contributed by atoms with Crippen LogP contribution >= 0.6 is 28.1 Å². The van der Waals surface area contributed by atoms with Gasteiger partial charge in [-0.05, 0) is 59.3 Å². The third kappa shape index (κ3) is 5.95. The summed E-state index contributed by atoms with van der Waals surface area (Å²) in [6, 6.07) is 10.4. The Morgan fingerprint density at radius 2 is 2.12 bits per heavy atom. The molecule has 2 rings (SSSR count). The standard InChI is InChI=1S/C16H17BrN2O4S/c1-2-21-8-9-22-12-5-3-4-11(10-12)18-16(24)19-15(20)13-6-7-14(17)23-13/h3-7,10H,2,8-9H2,1H3,(H2,18,19,20,24). The van der Waals surface area contributed by atoms with E-state index in [1.165, 1.54) is 0 Å². The molecule has 0 saturated carbocycles. The molecule has 24 heavy (non-hydrogen) atoms. The van der Waals surface area contributed by atoms with Crippen molar-refractivity contribution in [3.8, 4) is 5.75 Å². The zero-order valence-corrected chi connectivity index (χ0v) is 15.4. The summed E-state index contributed by atoms with van der Waals surface area (Å²) in [6.07, 6.45) is 0. The van der Waals surface area contributed by atoms with Gasteiger partial charge in [-0.3, -0.25) is 10.1 Å². The van der Waals surface area contributed by atoms with Crippen LogP contribution in [0.4, 0.5) is 5.69 Å². The van der Waals surface area contributed by atoms with E-state index in [-0.39, 0.29) is 10.9 Å². The fourth-order valence-corrected chi connectivity index (χ4v) is 2.31. The van der Waals surface area contributed by atoms with Gasteiger partial charge in [-0.25, -0.2) is 0 Å². The van der Waals surface area contributed by atoms with Gasteiger partial charge in [0.05, 0.1) is 6.61 Å². The Bertz CT molecular complexity index is 705. The van der Waals surface area contributed by atoms with Gasteiger partial charge in [0.2, 0.25) is 0 Å². The van der Waals surface area contributed by atoms with Crippen LogP contribution < -0.4 is 15.4 Å². The summed E-state index contributed by atoms with van der Waals surface area (Å²) >= 11 is 8.27. The zero-order valence-electron chi connectivity index (χ0n) is 13.0. The van der Waals surface area contributed by atoms with Crippen LogP contribution in [0.5, 0.6) is 5.75 Å². The third-order valence-electron chi connectivity index (χ3n) is 2.82. The van der Waals surface area contributed by atoms with Crippen molar-refractivity contribution >= 4 is 44.9 Å². The molecule has 0 fully saturated rings. The monoisotopic (exact) mass is 412 g/mol. The van der Waals surface area contributed by atoms with Crippen molar-refractivity contribution in [2.24, 2.45) is 0 Å². The predicted molar refractivity (Wildman–Crippen MR) is 98.5 cm³/mol. The minimum atomic E-state index is -0.428. The number of hydrogen-bond acceptors (Lipinski definition) is 5. The van der Waals surface area contributed by atoms with Gasteiger partial charge in [-0.2, -0.15) is 0 Å². The van der Waals surface area contributed by atoms with Gasteiger partial charge in [0.15, 0.2) is 15.5 Å². The average molecular weight is 413 g/mol. The number of carbonyl (C=O) groups is 1. The number of anilines is 1. The van der Waals surface area contributed by atoms with E-state index in [0.717, 1.165) is 0 Å². The van der Waals surface area contributed by atoms with Crippen molar-refractivity contribution in [1.29, 1.82) is 0 Å². The Hall–Kier alpha value is -1.90. The van der Waals surface area contributed by atoms with Crippen LogP contribution in [0.2, 0.25) is 0 Å². The minimum Gasteiger partial charge on any atom is -0.491 e. The maximum Gasteiger partial charge on any atom is 0.293 e. The molecule has 0 radical (unpaired) electrons. The van der Waals surface area contributed by atoms with Gasteiger partial charge in [-0.15, -0.1) is 0 Å². The van der Waals surface area contributed by atoms with Crippen LogP contribution in [-0.4, -0.2) is 30.8 Å². The van der Waals surface area contributed by atoms with E-state index in [9.17, 15) is 4.79 Å². The highest BCUT2D eigenvalue weighted by Gasteiger charge is 2.12. The summed E-state index contributed by atoms with van der Waals surface area (Å²) in [5.74, 6) is 0.421. The normalized spacial score (nSPS) is 10.2. The van der Waals surface area contributed by atoms with E-state index in [4.69, 9.17) is 26.1 Å². The molecule has 0 aliphatic heterocycles. The highest BCUT2D eigenvalue weighted by Crippen LogP contribution is 2.17. The molecule has 0 aliphatic rings. The van der Waals surface area contributed by atoms with Crippen LogP contribution in [0.15, 0.2) is 45.5 Å². The molecule has 0 aliphatic carbocycles. The van der Waals surface area contributed by atoms with Gasteiger partial charge in [0.25, 0.3) is 5.91 Å². The molecule has 0 atom stereocenters. The Morgan fingerprint density at radius 3 is 2.83 bits per heavy atom. The van der Waals surface area contributed by atoms with Crippen molar-refractivity contribution in [2.45, 2.75) is 6.92 Å². The quantitative estimate of drug-likeness (QED) is 0.534. The molecule has 0 saturated heterocycles. The third-order valence-corrected chi connectivity index (χ3v) is 3.45. The smallest absolute Gasteiger partial charge is 0.293 e. The van der Waals surface area contributed by atoms with Crippen LogP contribution in [0.3, 0.4) is 0 Å². The number of nitrogens with one attached hydrogen (secondary N) is 2. The molecule has 0 bridgehead atoms. The van der Waals surface area contributed by atoms with Crippen LogP contribution in [0.25, 0.3) is 0 Å². The fourth-order valence-electron chi connectivity index (χ4n) is 1.79. The first-order valence-corrected chi connectivity index (χ1v) is 8.47. The maximum atomic E-state index is 11.9. The predicted octanol–water partition coefficient (Wildman–Crippen LogP) is 3.58. The Labute approximate surface area is 153 Å². The fraction of sp³-hybridized carbons (Fsp3) is 0.250. The lowest BCUT2D eigenvalue weighted by Gasteiger charge is -2.11. The van der Waals surface area contributed by atoms with Gasteiger partial charge >= 0.3 is 0 Å². The second-order valence-corrected chi connectivity index (χ2v) is 5.78. The number of halogens is 1. The highest BCUT2D eigenvalue weighted by molar-refractivity contribution is 9.10. The molecule has 1 amide bonds. The molecule has 128 valence electrons. The number of ether oxygens (including phenoxy) is 2. The van der Waals surface area contributed by atoms with E-state index in [0.29, 0.717) is 35.9 Å². The van der Waals surface area contributed by atoms with Gasteiger partial charge < -0.3 is 19.2 Å². The molecule has 6 nitrogen and oxygen atoms in total. The van der Waals surface area contributed by atoms with Crippen LogP contribution in [-0.2, 0) is 4.74 Å². The number of benzene rings is 1. The number of hydrogen-bond donors (Lipinski definition) is 2. The first-order chi connectivity index (χ1) is 11.6. The van der Waals surface area contributed by atoms with Gasteiger partial charge in [0, 0.05) is 18.4 Å². The summed E-state index contributed by atoms with van der Waals surface area (Å²) in [4.78, 5) is 11.9. The van der Waals surface area contributed by atoms with Crippen molar-refractivity contribution in [3.05, 3.63) is 46.8 Å². The molecule has 2 aromatic rings. The van der Waals surface area contributed by atoms with Crippen molar-refractivity contribution in [3.63, 3.8) is 0 Å². The molecule has 1 aromatic carbocycles. The molecule has 1 aromatic heterocycles. The van der Waals surface area contributed by atoms with E-state index in [2.05, 4.69) is 26.6 Å². The van der Waals surface area contributed by atoms with Crippen molar-refractivity contribution < 1.29 is 18.7 Å². The minimum absolute atomic E-state index is 0.166. The van der Waals surface area contributed by atoms with Gasteiger partial charge in [-0.1, -0.05) is 6.07 Å². The summed E-state index contributed by atoms with van der Waals surface area (Å²) in [6.45, 7) is 3.58. The topological polar surface area (TPSA) is 72.7 Å². The van der Waals surface area contributed by atoms with E-state index in [1.54, 1.807) is 18.2 Å². The molecule has 8 heteroatoms. The van der Waals surface area contributed by atoms with Crippen LogP contribution in [0.1, 0.15) is 17.5 Å². The highest BCUT2D eigenvalue weighted by atomic mass is 79.9. The lowest BCUT2D eigenvalue weighted by molar-refractivity contribution is 0.0949. The van der Waals surface area contributed by atoms with Crippen molar-refractivity contribution in [1.82, 2.24) is 5.32 Å². The van der Waals surface area contributed by atoms with Gasteiger partial charge in [0.1, 0.15) is 12.4 Å². The number of rotatable bonds is 7. The van der Waals surface area contributed by atoms with E-state index in [1.807, 2.05) is 25.1 Å². The molecule has 0 unspecified atom stereocenters. The number of amides is 1. The summed E-state index contributed by atoms with van der Waals surface area (Å²) < 4.78 is 16.4. The molecule has 0 spiro atoms. The summed E-state index contributed by atoms with van der Waals surface area (Å²) in [5.41, 5.74) is 0.704. The number of furan rings is 1. The number of carbonyl (C=O) groups excluding carboxylic acids is 1. The number of thiocarbonyl (C=S) groups is 1. The van der Waals surface area contributed by atoms with E-state index >= 15 is 0 Å². The first-order valence-electron chi connectivity index (χ1n) is 7.26. The lowest BCUT2D eigenvalue weighted by Crippen LogP contribution is -2.33. The largest absolute Gasteiger partial charge is 0.491 e. The molecular weight excluding hydrogens is 396 g/mol. The Kier molecular flexibility index (Phi) is 7.23. The second-order valence-electron chi connectivity index (χ2n) is 4.59. The average Bonchev–Trinajstić information content (AvgIpc) is 2.98. The first kappa shape index (κ1) is 18.4. The molecular formula is C16H17BrN2O4S. The van der Waals surface area contributed by atoms with E-state index < -0.39 is 5.91 Å².